The van der Waals surface area contributed by atoms with Gasteiger partial charge in [-0.05, 0) is 50.1 Å². The van der Waals surface area contributed by atoms with Gasteiger partial charge in [-0.25, -0.2) is 4.39 Å². The van der Waals surface area contributed by atoms with E-state index in [0.717, 1.165) is 69.1 Å². The number of benzene rings is 1. The first kappa shape index (κ1) is 21.6. The molecule has 1 aromatic carbocycles. The lowest BCUT2D eigenvalue weighted by Gasteiger charge is -2.41. The summed E-state index contributed by atoms with van der Waals surface area (Å²) in [7, 11) is 0. The van der Waals surface area contributed by atoms with Crippen molar-refractivity contribution in [1.29, 1.82) is 0 Å². The number of piperazine rings is 1. The zero-order valence-corrected chi connectivity index (χ0v) is 18.6. The van der Waals surface area contributed by atoms with Crippen LogP contribution in [0.2, 0.25) is 0 Å². The second kappa shape index (κ2) is 8.83. The second-order valence-corrected chi connectivity index (χ2v) is 8.89. The van der Waals surface area contributed by atoms with Crippen LogP contribution in [-0.2, 0) is 0 Å². The van der Waals surface area contributed by atoms with Crippen molar-refractivity contribution in [3.05, 3.63) is 52.6 Å². The van der Waals surface area contributed by atoms with Crippen LogP contribution in [0.15, 0.2) is 24.3 Å². The maximum Gasteiger partial charge on any atom is 0.256 e. The van der Waals surface area contributed by atoms with Crippen molar-refractivity contribution in [2.24, 2.45) is 0 Å². The van der Waals surface area contributed by atoms with E-state index in [1.54, 1.807) is 4.90 Å². The molecule has 6 nitrogen and oxygen atoms in total. The Hall–Kier alpha value is -2.67. The van der Waals surface area contributed by atoms with E-state index in [4.69, 9.17) is 0 Å². The fraction of sp³-hybridized carbons (Fsp3) is 0.500. The molecule has 1 aromatic heterocycles. The Morgan fingerprint density at radius 1 is 1.10 bits per heavy atom. The number of anilines is 1. The van der Waals surface area contributed by atoms with Gasteiger partial charge in [0, 0.05) is 31.3 Å². The van der Waals surface area contributed by atoms with Crippen molar-refractivity contribution in [3.63, 3.8) is 0 Å². The van der Waals surface area contributed by atoms with Gasteiger partial charge in [0.15, 0.2) is 5.78 Å². The fourth-order valence-corrected chi connectivity index (χ4v) is 5.19. The van der Waals surface area contributed by atoms with Crippen molar-refractivity contribution in [1.82, 2.24) is 9.88 Å². The summed E-state index contributed by atoms with van der Waals surface area (Å²) in [6.07, 6.45) is 2.13. The number of aromatic amines is 1. The van der Waals surface area contributed by atoms with Crippen LogP contribution in [0.4, 0.5) is 10.1 Å². The molecule has 166 valence electrons. The highest BCUT2D eigenvalue weighted by Gasteiger charge is 2.34. The zero-order chi connectivity index (χ0) is 22.1. The van der Waals surface area contributed by atoms with E-state index in [-0.39, 0.29) is 17.5 Å². The quantitative estimate of drug-likeness (QED) is 0.734. The Labute approximate surface area is 183 Å². The van der Waals surface area contributed by atoms with Gasteiger partial charge < -0.3 is 19.7 Å². The highest BCUT2D eigenvalue weighted by atomic mass is 19.1. The molecule has 2 aromatic rings. The van der Waals surface area contributed by atoms with Crippen molar-refractivity contribution < 1.29 is 18.9 Å². The van der Waals surface area contributed by atoms with E-state index in [1.165, 1.54) is 19.1 Å². The highest BCUT2D eigenvalue weighted by molar-refractivity contribution is 6.02. The Balaban J connectivity index is 1.40. The van der Waals surface area contributed by atoms with Crippen molar-refractivity contribution in [3.8, 4) is 0 Å². The van der Waals surface area contributed by atoms with Gasteiger partial charge in [-0.3, -0.25) is 9.59 Å². The molecule has 0 radical (unpaired) electrons. The molecular formula is C24H32FN4O2+. The summed E-state index contributed by atoms with van der Waals surface area (Å²) >= 11 is 0. The maximum atomic E-state index is 13.3. The van der Waals surface area contributed by atoms with Gasteiger partial charge in [0.1, 0.15) is 11.9 Å². The van der Waals surface area contributed by atoms with Gasteiger partial charge in [0.25, 0.3) is 5.91 Å². The molecule has 1 unspecified atom stereocenters. The van der Waals surface area contributed by atoms with Gasteiger partial charge in [-0.1, -0.05) is 0 Å². The number of halogens is 1. The summed E-state index contributed by atoms with van der Waals surface area (Å²) in [6.45, 7) is 10.7. The van der Waals surface area contributed by atoms with E-state index >= 15 is 0 Å². The molecule has 2 N–H and O–H groups in total. The predicted molar refractivity (Wildman–Crippen MR) is 119 cm³/mol. The minimum Gasteiger partial charge on any atom is -0.360 e. The SMILES string of the molecule is CC(=O)c1[nH]c(C)c(C(=O)N2CCCC([NH+]3CCN(c4ccc(F)cc4)CC3)C2)c1C. The monoisotopic (exact) mass is 427 g/mol. The Kier molecular flexibility index (Phi) is 6.14. The molecule has 0 bridgehead atoms. The van der Waals surface area contributed by atoms with Crippen molar-refractivity contribution >= 4 is 17.4 Å². The third kappa shape index (κ3) is 4.37. The average molecular weight is 428 g/mol. The van der Waals surface area contributed by atoms with Crippen LogP contribution in [0.1, 0.15) is 51.9 Å². The summed E-state index contributed by atoms with van der Waals surface area (Å²) in [5.41, 5.74) is 3.80. The van der Waals surface area contributed by atoms with Gasteiger partial charge in [-0.2, -0.15) is 0 Å². The van der Waals surface area contributed by atoms with Crippen LogP contribution < -0.4 is 9.80 Å². The summed E-state index contributed by atoms with van der Waals surface area (Å²) < 4.78 is 13.2. The summed E-state index contributed by atoms with van der Waals surface area (Å²) in [5, 5.41) is 0. The lowest BCUT2D eigenvalue weighted by Crippen LogP contribution is -3.19. The molecule has 31 heavy (non-hydrogen) atoms. The zero-order valence-electron chi connectivity index (χ0n) is 18.6. The number of nitrogens with zero attached hydrogens (tertiary/aromatic N) is 2. The minimum absolute atomic E-state index is 0.0350. The van der Waals surface area contributed by atoms with Crippen LogP contribution in [0.3, 0.4) is 0 Å². The molecule has 3 heterocycles. The first-order chi connectivity index (χ1) is 14.8. The van der Waals surface area contributed by atoms with E-state index in [9.17, 15) is 14.0 Å². The molecule has 0 aliphatic carbocycles. The van der Waals surface area contributed by atoms with Crippen molar-refractivity contribution in [2.45, 2.75) is 39.7 Å². The molecule has 2 fully saturated rings. The highest BCUT2D eigenvalue weighted by Crippen LogP contribution is 2.22. The predicted octanol–water partition coefficient (Wildman–Crippen LogP) is 1.98. The van der Waals surface area contributed by atoms with Crippen LogP contribution in [0, 0.1) is 19.7 Å². The largest absolute Gasteiger partial charge is 0.360 e. The van der Waals surface area contributed by atoms with Crippen molar-refractivity contribution in [2.75, 3.05) is 44.2 Å². The average Bonchev–Trinajstić information content (AvgIpc) is 3.08. The smallest absolute Gasteiger partial charge is 0.256 e. The van der Waals surface area contributed by atoms with Gasteiger partial charge in [0.2, 0.25) is 0 Å². The molecule has 2 aliphatic heterocycles. The first-order valence-corrected chi connectivity index (χ1v) is 11.2. The number of piperidine rings is 1. The van der Waals surface area contributed by atoms with Gasteiger partial charge in [0.05, 0.1) is 44.0 Å². The number of hydrogen-bond acceptors (Lipinski definition) is 3. The van der Waals surface area contributed by atoms with E-state index in [0.29, 0.717) is 17.3 Å². The van der Waals surface area contributed by atoms with Crippen LogP contribution in [-0.4, -0.2) is 66.9 Å². The number of hydrogen-bond donors (Lipinski definition) is 2. The third-order valence-corrected chi connectivity index (χ3v) is 6.89. The third-order valence-electron chi connectivity index (χ3n) is 6.89. The summed E-state index contributed by atoms with van der Waals surface area (Å²) in [5.74, 6) is -0.212. The second-order valence-electron chi connectivity index (χ2n) is 8.89. The molecule has 0 spiro atoms. The minimum atomic E-state index is -0.205. The lowest BCUT2D eigenvalue weighted by atomic mass is 10.0. The standard InChI is InChI=1S/C24H31FN4O2/c1-16-22(17(2)26-23(16)18(3)30)24(31)29-10-4-5-21(15-29)28-13-11-27(12-14-28)20-8-6-19(25)7-9-20/h6-9,21,26H,4-5,10-15H2,1-3H3/p+1. The Morgan fingerprint density at radius 2 is 1.77 bits per heavy atom. The number of rotatable bonds is 4. The number of aryl methyl sites for hydroxylation is 1. The molecule has 4 rings (SSSR count). The number of likely N-dealkylation sites (tertiary alicyclic amines) is 1. The topological polar surface area (TPSA) is 60.9 Å². The fourth-order valence-electron chi connectivity index (χ4n) is 5.19. The molecule has 2 saturated heterocycles. The lowest BCUT2D eigenvalue weighted by molar-refractivity contribution is -0.926. The van der Waals surface area contributed by atoms with E-state index in [2.05, 4.69) is 9.88 Å². The molecule has 2 aliphatic rings. The first-order valence-electron chi connectivity index (χ1n) is 11.2. The number of ketones is 1. The molecule has 0 saturated carbocycles. The number of carbonyl (C=O) groups is 2. The Morgan fingerprint density at radius 3 is 2.39 bits per heavy atom. The molecule has 1 amide bonds. The van der Waals surface area contributed by atoms with E-state index < -0.39 is 0 Å². The van der Waals surface area contributed by atoms with E-state index in [1.807, 2.05) is 30.9 Å². The number of carbonyl (C=O) groups excluding carboxylic acids is 2. The molecule has 1 atom stereocenters. The number of aromatic nitrogens is 1. The number of amides is 1. The van der Waals surface area contributed by atoms with Crippen LogP contribution in [0.25, 0.3) is 0 Å². The van der Waals surface area contributed by atoms with Crippen LogP contribution >= 0.6 is 0 Å². The molecule has 7 heteroatoms. The number of Topliss-reactive ketones (excluding diaryl/α,β-unsaturated/α-hetero) is 1. The molecular weight excluding hydrogens is 395 g/mol. The van der Waals surface area contributed by atoms with Crippen LogP contribution in [0.5, 0.6) is 0 Å². The Bertz CT molecular complexity index is 961. The van der Waals surface area contributed by atoms with Gasteiger partial charge in [-0.15, -0.1) is 0 Å². The van der Waals surface area contributed by atoms with Gasteiger partial charge >= 0.3 is 0 Å². The number of nitrogens with one attached hydrogen (secondary N) is 2. The normalized spacial score (nSPS) is 20.2. The number of H-pyrrole nitrogens is 1. The summed E-state index contributed by atoms with van der Waals surface area (Å²) in [6, 6.07) is 7.15. The number of quaternary nitrogens is 1. The maximum absolute atomic E-state index is 13.3. The summed E-state index contributed by atoms with van der Waals surface area (Å²) in [4.78, 5) is 34.1.